The van der Waals surface area contributed by atoms with Gasteiger partial charge in [-0.1, -0.05) is 6.07 Å². The summed E-state index contributed by atoms with van der Waals surface area (Å²) in [6.45, 7) is 3.43. The molecule has 1 N–H and O–H groups in total. The fourth-order valence-electron chi connectivity index (χ4n) is 1.65. The fourth-order valence-corrected chi connectivity index (χ4v) is 1.65. The Balaban J connectivity index is 3.09. The van der Waals surface area contributed by atoms with Gasteiger partial charge in [-0.2, -0.15) is 5.26 Å². The molecule has 1 aromatic carbocycles. The molecule has 0 aliphatic carbocycles. The Morgan fingerprint density at radius 3 is 2.52 bits per heavy atom. The van der Waals surface area contributed by atoms with Crippen molar-refractivity contribution in [2.24, 2.45) is 0 Å². The van der Waals surface area contributed by atoms with Crippen molar-refractivity contribution in [1.82, 2.24) is 0 Å². The quantitative estimate of drug-likeness (QED) is 0.444. The van der Waals surface area contributed by atoms with E-state index >= 15 is 0 Å². The maximum atomic E-state index is 11.6. The number of benzene rings is 1. The summed E-state index contributed by atoms with van der Waals surface area (Å²) in [5, 5.41) is 17.7. The summed E-state index contributed by atoms with van der Waals surface area (Å²) >= 11 is 0. The van der Waals surface area contributed by atoms with Crippen LogP contribution in [0.2, 0.25) is 0 Å². The highest BCUT2D eigenvalue weighted by Crippen LogP contribution is 2.29. The van der Waals surface area contributed by atoms with E-state index in [9.17, 15) is 9.59 Å². The molecule has 7 nitrogen and oxygen atoms in total. The van der Waals surface area contributed by atoms with Crippen LogP contribution in [0.25, 0.3) is 6.08 Å². The second-order valence-electron chi connectivity index (χ2n) is 4.21. The van der Waals surface area contributed by atoms with Crippen LogP contribution in [-0.2, 0) is 14.3 Å². The number of nitriles is 1. The normalized spacial score (nSPS) is 10.6. The molecule has 0 unspecified atom stereocenters. The van der Waals surface area contributed by atoms with E-state index in [1.807, 2.05) is 0 Å². The number of carboxylic acid groups (broad SMARTS) is 1. The van der Waals surface area contributed by atoms with Gasteiger partial charge in [0.15, 0.2) is 18.1 Å². The number of carbonyl (C=O) groups excluding carboxylic acids is 1. The van der Waals surface area contributed by atoms with Gasteiger partial charge in [-0.3, -0.25) is 0 Å². The number of carbonyl (C=O) groups is 2. The molecule has 0 aliphatic heterocycles. The molecule has 0 fully saturated rings. The minimum absolute atomic E-state index is 0.145. The van der Waals surface area contributed by atoms with E-state index in [1.165, 1.54) is 12.1 Å². The molecule has 122 valence electrons. The van der Waals surface area contributed by atoms with Gasteiger partial charge in [0.25, 0.3) is 0 Å². The lowest BCUT2D eigenvalue weighted by Crippen LogP contribution is -2.10. The van der Waals surface area contributed by atoms with Crippen LogP contribution in [0.4, 0.5) is 0 Å². The van der Waals surface area contributed by atoms with Gasteiger partial charge in [0, 0.05) is 0 Å². The van der Waals surface area contributed by atoms with Crippen LogP contribution in [0.15, 0.2) is 23.8 Å². The third-order valence-corrected chi connectivity index (χ3v) is 2.55. The van der Waals surface area contributed by atoms with Crippen molar-refractivity contribution in [2.45, 2.75) is 13.8 Å². The highest BCUT2D eigenvalue weighted by atomic mass is 16.5. The van der Waals surface area contributed by atoms with Crippen LogP contribution in [-0.4, -0.2) is 36.9 Å². The van der Waals surface area contributed by atoms with Crippen LogP contribution in [0.1, 0.15) is 19.4 Å². The first-order valence-electron chi connectivity index (χ1n) is 6.92. The SMILES string of the molecule is CCOC(=O)/C(C#N)=C/c1ccc(OCC(=O)O)c(OCC)c1. The second kappa shape index (κ2) is 9.10. The van der Waals surface area contributed by atoms with Crippen molar-refractivity contribution >= 4 is 18.0 Å². The fraction of sp³-hybridized carbons (Fsp3) is 0.312. The van der Waals surface area contributed by atoms with Crippen molar-refractivity contribution in [1.29, 1.82) is 5.26 Å². The molecular weight excluding hydrogens is 302 g/mol. The van der Waals surface area contributed by atoms with Crippen molar-refractivity contribution < 1.29 is 28.9 Å². The van der Waals surface area contributed by atoms with E-state index in [4.69, 9.17) is 24.6 Å². The summed E-state index contributed by atoms with van der Waals surface area (Å²) < 4.78 is 15.3. The summed E-state index contributed by atoms with van der Waals surface area (Å²) in [4.78, 5) is 22.2. The first-order chi connectivity index (χ1) is 11.0. The summed E-state index contributed by atoms with van der Waals surface area (Å²) in [6.07, 6.45) is 1.36. The molecule has 0 radical (unpaired) electrons. The van der Waals surface area contributed by atoms with E-state index in [0.717, 1.165) is 0 Å². The highest BCUT2D eigenvalue weighted by Gasteiger charge is 2.12. The van der Waals surface area contributed by atoms with Crippen LogP contribution in [0, 0.1) is 11.3 Å². The lowest BCUT2D eigenvalue weighted by molar-refractivity contribution is -0.139. The second-order valence-corrected chi connectivity index (χ2v) is 4.21. The van der Waals surface area contributed by atoms with Crippen LogP contribution < -0.4 is 9.47 Å². The molecule has 0 aromatic heterocycles. The van der Waals surface area contributed by atoms with Gasteiger partial charge in [0.1, 0.15) is 11.6 Å². The number of aliphatic carboxylic acids is 1. The Labute approximate surface area is 133 Å². The van der Waals surface area contributed by atoms with Crippen molar-refractivity contribution in [3.8, 4) is 17.6 Å². The number of hydrogen-bond donors (Lipinski definition) is 1. The summed E-state index contributed by atoms with van der Waals surface area (Å²) in [5.74, 6) is -1.23. The lowest BCUT2D eigenvalue weighted by Gasteiger charge is -2.11. The van der Waals surface area contributed by atoms with Gasteiger partial charge in [-0.25, -0.2) is 9.59 Å². The van der Waals surface area contributed by atoms with Crippen molar-refractivity contribution in [2.75, 3.05) is 19.8 Å². The molecule has 1 rings (SSSR count). The van der Waals surface area contributed by atoms with Gasteiger partial charge < -0.3 is 19.3 Å². The molecule has 0 aliphatic rings. The van der Waals surface area contributed by atoms with E-state index in [-0.39, 0.29) is 17.9 Å². The Morgan fingerprint density at radius 1 is 1.22 bits per heavy atom. The van der Waals surface area contributed by atoms with E-state index in [0.29, 0.717) is 17.9 Å². The van der Waals surface area contributed by atoms with E-state index in [1.54, 1.807) is 32.0 Å². The van der Waals surface area contributed by atoms with Gasteiger partial charge in [0.05, 0.1) is 13.2 Å². The summed E-state index contributed by atoms with van der Waals surface area (Å²) in [5.41, 5.74) is 0.384. The Kier molecular flexibility index (Phi) is 7.14. The standard InChI is InChI=1S/C16H17NO6/c1-3-21-14-8-11(5-6-13(14)23-10-15(18)19)7-12(9-17)16(20)22-4-2/h5-8H,3-4,10H2,1-2H3,(H,18,19)/b12-7+. The average Bonchev–Trinajstić information content (AvgIpc) is 2.52. The van der Waals surface area contributed by atoms with Crippen LogP contribution in [0.5, 0.6) is 11.5 Å². The zero-order valence-corrected chi connectivity index (χ0v) is 12.9. The third kappa shape index (κ3) is 5.71. The zero-order valence-electron chi connectivity index (χ0n) is 12.9. The molecule has 0 atom stereocenters. The van der Waals surface area contributed by atoms with Gasteiger partial charge >= 0.3 is 11.9 Å². The zero-order chi connectivity index (χ0) is 17.2. The molecule has 0 saturated carbocycles. The highest BCUT2D eigenvalue weighted by molar-refractivity contribution is 5.97. The molecule has 0 amide bonds. The van der Waals surface area contributed by atoms with Gasteiger partial charge in [0.2, 0.25) is 0 Å². The largest absolute Gasteiger partial charge is 0.490 e. The van der Waals surface area contributed by atoms with Crippen LogP contribution >= 0.6 is 0 Å². The van der Waals surface area contributed by atoms with Crippen molar-refractivity contribution in [3.63, 3.8) is 0 Å². The number of hydrogen-bond acceptors (Lipinski definition) is 6. The Bertz CT molecular complexity index is 644. The minimum atomic E-state index is -1.11. The Morgan fingerprint density at radius 2 is 1.96 bits per heavy atom. The average molecular weight is 319 g/mol. The number of rotatable bonds is 8. The number of ether oxygens (including phenoxy) is 3. The predicted molar refractivity (Wildman–Crippen MR) is 81.0 cm³/mol. The van der Waals surface area contributed by atoms with Crippen molar-refractivity contribution in [3.05, 3.63) is 29.3 Å². The smallest absolute Gasteiger partial charge is 0.348 e. The molecule has 1 aromatic rings. The summed E-state index contributed by atoms with van der Waals surface area (Å²) in [6, 6.07) is 6.42. The number of esters is 1. The van der Waals surface area contributed by atoms with E-state index in [2.05, 4.69) is 0 Å². The van der Waals surface area contributed by atoms with E-state index < -0.39 is 18.5 Å². The molecule has 0 bridgehead atoms. The lowest BCUT2D eigenvalue weighted by atomic mass is 10.1. The Hall–Kier alpha value is -3.01. The maximum Gasteiger partial charge on any atom is 0.348 e. The first-order valence-corrected chi connectivity index (χ1v) is 6.92. The third-order valence-electron chi connectivity index (χ3n) is 2.55. The minimum Gasteiger partial charge on any atom is -0.490 e. The molecule has 0 spiro atoms. The first kappa shape index (κ1) is 18.0. The maximum absolute atomic E-state index is 11.6. The molecule has 0 saturated heterocycles. The topological polar surface area (TPSA) is 106 Å². The summed E-state index contributed by atoms with van der Waals surface area (Å²) in [7, 11) is 0. The molecular formula is C16H17NO6. The number of nitrogens with zero attached hydrogens (tertiary/aromatic N) is 1. The predicted octanol–water partition coefficient (Wildman–Crippen LogP) is 2.02. The van der Waals surface area contributed by atoms with Gasteiger partial charge in [-0.05, 0) is 37.6 Å². The van der Waals surface area contributed by atoms with Crippen LogP contribution in [0.3, 0.4) is 0 Å². The number of carboxylic acids is 1. The monoisotopic (exact) mass is 319 g/mol. The molecule has 7 heteroatoms. The molecule has 23 heavy (non-hydrogen) atoms. The van der Waals surface area contributed by atoms with Gasteiger partial charge in [-0.15, -0.1) is 0 Å². The molecule has 0 heterocycles.